The Morgan fingerprint density at radius 3 is 2.87 bits per heavy atom. The monoisotopic (exact) mass is 423 g/mol. The first-order chi connectivity index (χ1) is 15.0. The van der Waals surface area contributed by atoms with Gasteiger partial charge in [-0.15, -0.1) is 0 Å². The zero-order valence-corrected chi connectivity index (χ0v) is 18.1. The second-order valence-electron chi connectivity index (χ2n) is 8.66. The Morgan fingerprint density at radius 1 is 1.26 bits per heavy atom. The average Bonchev–Trinajstić information content (AvgIpc) is 3.51. The lowest BCUT2D eigenvalue weighted by Gasteiger charge is -2.34. The van der Waals surface area contributed by atoms with Crippen LogP contribution in [0.1, 0.15) is 66.2 Å². The van der Waals surface area contributed by atoms with E-state index in [0.29, 0.717) is 18.7 Å². The van der Waals surface area contributed by atoms with Gasteiger partial charge in [0.2, 0.25) is 0 Å². The molecule has 31 heavy (non-hydrogen) atoms. The van der Waals surface area contributed by atoms with Crippen LogP contribution in [-0.4, -0.2) is 56.2 Å². The Kier molecular flexibility index (Phi) is 5.13. The van der Waals surface area contributed by atoms with Crippen molar-refractivity contribution in [1.82, 2.24) is 24.7 Å². The molecule has 3 aromatic rings. The van der Waals surface area contributed by atoms with Crippen molar-refractivity contribution in [3.8, 4) is 0 Å². The van der Waals surface area contributed by atoms with Crippen molar-refractivity contribution in [3.05, 3.63) is 41.0 Å². The molecule has 0 unspecified atom stereocenters. The van der Waals surface area contributed by atoms with E-state index in [2.05, 4.69) is 17.0 Å². The molecular weight excluding hydrogens is 394 g/mol. The zero-order valence-electron chi connectivity index (χ0n) is 18.1. The maximum absolute atomic E-state index is 13.2. The van der Waals surface area contributed by atoms with Crippen molar-refractivity contribution >= 4 is 17.4 Å². The van der Waals surface area contributed by atoms with Crippen LogP contribution in [0.25, 0.3) is 5.65 Å². The number of nitrogens with zero attached hydrogens (tertiary/aromatic N) is 6. The predicted octanol–water partition coefficient (Wildman–Crippen LogP) is 2.49. The maximum Gasteiger partial charge on any atom is 0.276 e. The van der Waals surface area contributed by atoms with Gasteiger partial charge in [-0.25, -0.2) is 9.50 Å². The van der Waals surface area contributed by atoms with Crippen LogP contribution in [0.2, 0.25) is 0 Å². The third-order valence-corrected chi connectivity index (χ3v) is 6.38. The van der Waals surface area contributed by atoms with Crippen molar-refractivity contribution < 1.29 is 9.32 Å². The second kappa shape index (κ2) is 7.96. The van der Waals surface area contributed by atoms with Crippen LogP contribution in [0.15, 0.2) is 22.9 Å². The molecule has 2 aliphatic rings. The minimum Gasteiger partial charge on any atom is -0.361 e. The smallest absolute Gasteiger partial charge is 0.276 e. The van der Waals surface area contributed by atoms with Gasteiger partial charge in [0.25, 0.3) is 5.91 Å². The molecule has 2 N–H and O–H groups in total. The molecule has 5 heterocycles. The largest absolute Gasteiger partial charge is 0.361 e. The number of hydrogen-bond acceptors (Lipinski definition) is 7. The first-order valence-corrected chi connectivity index (χ1v) is 11.2. The van der Waals surface area contributed by atoms with Crippen molar-refractivity contribution in [1.29, 1.82) is 0 Å². The summed E-state index contributed by atoms with van der Waals surface area (Å²) < 4.78 is 7.08. The molecule has 0 bridgehead atoms. The molecule has 0 radical (unpaired) electrons. The fourth-order valence-electron chi connectivity index (χ4n) is 4.69. The number of aromatic nitrogens is 4. The van der Waals surface area contributed by atoms with Gasteiger partial charge in [-0.05, 0) is 32.6 Å². The molecule has 1 amide bonds. The van der Waals surface area contributed by atoms with Gasteiger partial charge in [0, 0.05) is 56.0 Å². The molecule has 0 spiro atoms. The van der Waals surface area contributed by atoms with E-state index >= 15 is 0 Å². The highest BCUT2D eigenvalue weighted by molar-refractivity contribution is 5.92. The van der Waals surface area contributed by atoms with Crippen LogP contribution >= 0.6 is 0 Å². The van der Waals surface area contributed by atoms with Crippen molar-refractivity contribution in [2.24, 2.45) is 5.73 Å². The lowest BCUT2D eigenvalue weighted by Crippen LogP contribution is -2.38. The maximum atomic E-state index is 13.2. The molecule has 0 aromatic carbocycles. The van der Waals surface area contributed by atoms with E-state index in [1.807, 2.05) is 28.6 Å². The highest BCUT2D eigenvalue weighted by Gasteiger charge is 2.32. The number of nitrogens with two attached hydrogens (primary N) is 1. The summed E-state index contributed by atoms with van der Waals surface area (Å²) in [6, 6.07) is 3.86. The topological polar surface area (TPSA) is 106 Å². The van der Waals surface area contributed by atoms with E-state index in [4.69, 9.17) is 20.3 Å². The van der Waals surface area contributed by atoms with Gasteiger partial charge in [0.05, 0.1) is 11.7 Å². The minimum atomic E-state index is -0.0962. The van der Waals surface area contributed by atoms with Crippen LogP contribution in [0.4, 0.5) is 5.82 Å². The summed E-state index contributed by atoms with van der Waals surface area (Å²) in [6.45, 7) is 6.48. The van der Waals surface area contributed by atoms with E-state index in [1.54, 1.807) is 6.07 Å². The van der Waals surface area contributed by atoms with Crippen LogP contribution in [0.5, 0.6) is 0 Å². The summed E-state index contributed by atoms with van der Waals surface area (Å²) in [5.41, 5.74) is 9.20. The Balaban J connectivity index is 1.45. The van der Waals surface area contributed by atoms with Gasteiger partial charge < -0.3 is 20.1 Å². The molecule has 2 fully saturated rings. The Hall–Kier alpha value is -2.94. The first kappa shape index (κ1) is 20.0. The number of carbonyl (C=O) groups excluding carboxylic acids is 1. The fraction of sp³-hybridized carbons (Fsp3) is 0.545. The molecule has 164 valence electrons. The quantitative estimate of drug-likeness (QED) is 0.687. The number of aryl methyl sites for hydroxylation is 2. The molecule has 3 aromatic heterocycles. The number of hydrogen-bond donors (Lipinski definition) is 1. The van der Waals surface area contributed by atoms with E-state index in [1.165, 1.54) is 0 Å². The number of carbonyl (C=O) groups is 1. The minimum absolute atomic E-state index is 0.0892. The van der Waals surface area contributed by atoms with Gasteiger partial charge in [-0.1, -0.05) is 12.1 Å². The molecule has 2 saturated heterocycles. The number of fused-ring (bicyclic) bond motifs is 1. The second-order valence-corrected chi connectivity index (χ2v) is 8.66. The number of likely N-dealkylation sites (tertiary alicyclic amines) is 1. The number of piperidine rings is 1. The Bertz CT molecular complexity index is 1100. The van der Waals surface area contributed by atoms with Crippen LogP contribution in [0.3, 0.4) is 0 Å². The van der Waals surface area contributed by atoms with Gasteiger partial charge >= 0.3 is 0 Å². The number of anilines is 1. The van der Waals surface area contributed by atoms with Crippen LogP contribution in [-0.2, 0) is 6.42 Å². The fourth-order valence-corrected chi connectivity index (χ4v) is 4.69. The molecule has 2 aliphatic heterocycles. The lowest BCUT2D eigenvalue weighted by molar-refractivity contribution is 0.0595. The van der Waals surface area contributed by atoms with Crippen molar-refractivity contribution in [3.63, 3.8) is 0 Å². The molecule has 2 atom stereocenters. The van der Waals surface area contributed by atoms with Crippen molar-refractivity contribution in [2.45, 2.75) is 58.0 Å². The number of amides is 1. The molecular formula is C22H29N7O2. The van der Waals surface area contributed by atoms with Crippen molar-refractivity contribution in [2.75, 3.05) is 24.5 Å². The third kappa shape index (κ3) is 3.67. The van der Waals surface area contributed by atoms with Gasteiger partial charge in [-0.2, -0.15) is 5.10 Å². The molecule has 9 heteroatoms. The normalized spacial score (nSPS) is 21.9. The highest BCUT2D eigenvalue weighted by Crippen LogP contribution is 2.32. The third-order valence-electron chi connectivity index (χ3n) is 6.38. The summed E-state index contributed by atoms with van der Waals surface area (Å²) >= 11 is 0. The molecule has 0 saturated carbocycles. The van der Waals surface area contributed by atoms with Crippen LogP contribution < -0.4 is 10.6 Å². The molecule has 0 aliphatic carbocycles. The average molecular weight is 424 g/mol. The Morgan fingerprint density at radius 2 is 2.13 bits per heavy atom. The molecule has 9 nitrogen and oxygen atoms in total. The van der Waals surface area contributed by atoms with Gasteiger partial charge in [0.15, 0.2) is 11.3 Å². The summed E-state index contributed by atoms with van der Waals surface area (Å²) in [6.07, 6.45) is 6.63. The van der Waals surface area contributed by atoms with Gasteiger partial charge in [0.1, 0.15) is 11.6 Å². The summed E-state index contributed by atoms with van der Waals surface area (Å²) in [4.78, 5) is 22.2. The SMILES string of the molecule is CCc1cc(C(=O)N2CCCC[C@H]2c2cc3nc(N4CC[C@H](N)C4)c(C)cn3n2)no1. The summed E-state index contributed by atoms with van der Waals surface area (Å²) in [7, 11) is 0. The lowest BCUT2D eigenvalue weighted by atomic mass is 9.99. The first-order valence-electron chi connectivity index (χ1n) is 11.2. The predicted molar refractivity (Wildman–Crippen MR) is 116 cm³/mol. The van der Waals surface area contributed by atoms with Crippen LogP contribution in [0, 0.1) is 6.92 Å². The van der Waals surface area contributed by atoms with E-state index < -0.39 is 0 Å². The van der Waals surface area contributed by atoms with E-state index in [0.717, 1.165) is 67.3 Å². The van der Waals surface area contributed by atoms with E-state index in [9.17, 15) is 4.79 Å². The molecule has 5 rings (SSSR count). The highest BCUT2D eigenvalue weighted by atomic mass is 16.5. The summed E-state index contributed by atoms with van der Waals surface area (Å²) in [5, 5.41) is 8.79. The summed E-state index contributed by atoms with van der Waals surface area (Å²) in [5.74, 6) is 1.60. The standard InChI is InChI=1S/C22H29N7O2/c1-3-16-10-18(26-31-16)22(30)28-8-5-4-6-19(28)17-11-20-24-21(14(2)12-29(20)25-17)27-9-7-15(23)13-27/h10-12,15,19H,3-9,13,23H2,1-2H3/t15-,19-/m0/s1. The Labute approximate surface area is 181 Å². The zero-order chi connectivity index (χ0) is 21.5. The number of rotatable bonds is 4. The van der Waals surface area contributed by atoms with E-state index in [-0.39, 0.29) is 18.0 Å². The van der Waals surface area contributed by atoms with Gasteiger partial charge in [-0.3, -0.25) is 4.79 Å².